The number of nitrogens with zero attached hydrogens (tertiary/aromatic N) is 1. The standard InChI is InChI=1S/C15H16ClNO5/c1-8-11(9(2)22-17-8)7-21-15(18)10-5-12(16)14(20-4)13(6-10)19-3/h5-6H,7H2,1-4H3. The zero-order valence-electron chi connectivity index (χ0n) is 12.7. The van der Waals surface area contributed by atoms with Crippen LogP contribution in [0.15, 0.2) is 16.7 Å². The average Bonchev–Trinajstić information content (AvgIpc) is 2.82. The Morgan fingerprint density at radius 2 is 2.00 bits per heavy atom. The Morgan fingerprint density at radius 1 is 1.27 bits per heavy atom. The summed E-state index contributed by atoms with van der Waals surface area (Å²) in [6, 6.07) is 2.99. The molecule has 0 aliphatic rings. The van der Waals surface area contributed by atoms with E-state index in [4.69, 9.17) is 30.3 Å². The number of hydrogen-bond donors (Lipinski definition) is 0. The Hall–Kier alpha value is -2.21. The van der Waals surface area contributed by atoms with Crippen molar-refractivity contribution < 1.29 is 23.5 Å². The van der Waals surface area contributed by atoms with Gasteiger partial charge in [0.1, 0.15) is 12.4 Å². The summed E-state index contributed by atoms with van der Waals surface area (Å²) in [5.41, 5.74) is 1.71. The van der Waals surface area contributed by atoms with Gasteiger partial charge in [-0.25, -0.2) is 4.79 Å². The summed E-state index contributed by atoms with van der Waals surface area (Å²) in [6.45, 7) is 3.62. The van der Waals surface area contributed by atoms with E-state index < -0.39 is 5.97 Å². The molecule has 0 spiro atoms. The van der Waals surface area contributed by atoms with Gasteiger partial charge < -0.3 is 18.7 Å². The minimum atomic E-state index is -0.525. The fourth-order valence-corrected chi connectivity index (χ4v) is 2.25. The van der Waals surface area contributed by atoms with Crippen molar-refractivity contribution in [3.63, 3.8) is 0 Å². The van der Waals surface area contributed by atoms with E-state index in [0.29, 0.717) is 23.0 Å². The number of carbonyl (C=O) groups excluding carboxylic acids is 1. The molecule has 7 heteroatoms. The predicted molar refractivity (Wildman–Crippen MR) is 79.7 cm³/mol. The molecule has 0 radical (unpaired) electrons. The third kappa shape index (κ3) is 3.17. The van der Waals surface area contributed by atoms with Crippen molar-refractivity contribution in [3.8, 4) is 11.5 Å². The lowest BCUT2D eigenvalue weighted by Crippen LogP contribution is -2.07. The first-order valence-corrected chi connectivity index (χ1v) is 6.86. The molecule has 2 aromatic rings. The largest absolute Gasteiger partial charge is 0.493 e. The minimum absolute atomic E-state index is 0.0754. The average molecular weight is 326 g/mol. The van der Waals surface area contributed by atoms with E-state index in [0.717, 1.165) is 5.56 Å². The Bertz CT molecular complexity index is 676. The van der Waals surface area contributed by atoms with Crippen molar-refractivity contribution in [1.82, 2.24) is 5.16 Å². The van der Waals surface area contributed by atoms with Crippen LogP contribution in [0.1, 0.15) is 27.4 Å². The molecule has 0 N–H and O–H groups in total. The molecule has 118 valence electrons. The van der Waals surface area contributed by atoms with Crippen molar-refractivity contribution in [2.24, 2.45) is 0 Å². The van der Waals surface area contributed by atoms with Crippen LogP contribution in [0.2, 0.25) is 5.02 Å². The van der Waals surface area contributed by atoms with E-state index >= 15 is 0 Å². The molecule has 0 aliphatic carbocycles. The highest BCUT2D eigenvalue weighted by atomic mass is 35.5. The monoisotopic (exact) mass is 325 g/mol. The molecule has 1 aromatic heterocycles. The molecule has 0 atom stereocenters. The number of benzene rings is 1. The first kappa shape index (κ1) is 16.2. The lowest BCUT2D eigenvalue weighted by atomic mass is 10.2. The van der Waals surface area contributed by atoms with E-state index in [1.54, 1.807) is 13.8 Å². The van der Waals surface area contributed by atoms with Gasteiger partial charge >= 0.3 is 5.97 Å². The third-order valence-corrected chi connectivity index (χ3v) is 3.48. The number of aryl methyl sites for hydroxylation is 2. The SMILES string of the molecule is COc1cc(C(=O)OCc2c(C)noc2C)cc(Cl)c1OC. The van der Waals surface area contributed by atoms with Gasteiger partial charge in [-0.1, -0.05) is 16.8 Å². The molecule has 0 amide bonds. The molecule has 0 aliphatic heterocycles. The van der Waals surface area contributed by atoms with Crippen molar-refractivity contribution >= 4 is 17.6 Å². The van der Waals surface area contributed by atoms with Crippen LogP contribution >= 0.6 is 11.6 Å². The summed E-state index contributed by atoms with van der Waals surface area (Å²) < 4.78 is 20.6. The molecule has 1 heterocycles. The Balaban J connectivity index is 2.18. The zero-order chi connectivity index (χ0) is 16.3. The molecular weight excluding hydrogens is 310 g/mol. The highest BCUT2D eigenvalue weighted by Crippen LogP contribution is 2.36. The molecule has 0 fully saturated rings. The van der Waals surface area contributed by atoms with E-state index in [1.807, 2.05) is 0 Å². The maximum absolute atomic E-state index is 12.2. The van der Waals surface area contributed by atoms with Gasteiger partial charge in [0.05, 0.1) is 36.1 Å². The second kappa shape index (κ2) is 6.70. The van der Waals surface area contributed by atoms with E-state index in [9.17, 15) is 4.79 Å². The summed E-state index contributed by atoms with van der Waals surface area (Å²) in [6.07, 6.45) is 0. The molecule has 0 unspecified atom stereocenters. The zero-order valence-corrected chi connectivity index (χ0v) is 13.5. The van der Waals surface area contributed by atoms with Crippen LogP contribution in [0.5, 0.6) is 11.5 Å². The van der Waals surface area contributed by atoms with Crippen LogP contribution in [0.4, 0.5) is 0 Å². The maximum atomic E-state index is 12.2. The highest BCUT2D eigenvalue weighted by molar-refractivity contribution is 6.32. The maximum Gasteiger partial charge on any atom is 0.338 e. The van der Waals surface area contributed by atoms with Crippen LogP contribution in [-0.2, 0) is 11.3 Å². The fraction of sp³-hybridized carbons (Fsp3) is 0.333. The smallest absolute Gasteiger partial charge is 0.338 e. The topological polar surface area (TPSA) is 70.8 Å². The second-order valence-electron chi connectivity index (χ2n) is 4.57. The summed E-state index contributed by atoms with van der Waals surface area (Å²) in [5, 5.41) is 4.08. The van der Waals surface area contributed by atoms with Gasteiger partial charge in [-0.15, -0.1) is 0 Å². The number of carbonyl (C=O) groups is 1. The molecule has 1 aromatic carbocycles. The van der Waals surface area contributed by atoms with Crippen LogP contribution < -0.4 is 9.47 Å². The Kier molecular flexibility index (Phi) is 4.92. The molecule has 22 heavy (non-hydrogen) atoms. The molecule has 6 nitrogen and oxygen atoms in total. The van der Waals surface area contributed by atoms with E-state index in [-0.39, 0.29) is 17.2 Å². The van der Waals surface area contributed by atoms with E-state index in [1.165, 1.54) is 26.4 Å². The van der Waals surface area contributed by atoms with Gasteiger partial charge in [-0.05, 0) is 26.0 Å². The summed E-state index contributed by atoms with van der Waals surface area (Å²) in [7, 11) is 2.94. The van der Waals surface area contributed by atoms with Crippen LogP contribution in [0.3, 0.4) is 0 Å². The van der Waals surface area contributed by atoms with Gasteiger partial charge in [0, 0.05) is 0 Å². The van der Waals surface area contributed by atoms with Crippen LogP contribution in [0, 0.1) is 13.8 Å². The predicted octanol–water partition coefficient (Wildman–Crippen LogP) is 3.32. The molecular formula is C15H16ClNO5. The molecule has 0 bridgehead atoms. The van der Waals surface area contributed by atoms with Crippen molar-refractivity contribution in [2.45, 2.75) is 20.5 Å². The molecule has 0 saturated carbocycles. The fourth-order valence-electron chi connectivity index (χ4n) is 1.96. The number of aromatic nitrogens is 1. The quantitative estimate of drug-likeness (QED) is 0.785. The number of ether oxygens (including phenoxy) is 3. The third-order valence-electron chi connectivity index (χ3n) is 3.20. The second-order valence-corrected chi connectivity index (χ2v) is 4.98. The first-order chi connectivity index (χ1) is 10.5. The number of hydrogen-bond acceptors (Lipinski definition) is 6. The highest BCUT2D eigenvalue weighted by Gasteiger charge is 2.17. The molecule has 2 rings (SSSR count). The Labute approximate surface area is 132 Å². The van der Waals surface area contributed by atoms with Gasteiger partial charge in [0.25, 0.3) is 0 Å². The summed E-state index contributed by atoms with van der Waals surface area (Å²) in [5.74, 6) is 0.823. The van der Waals surface area contributed by atoms with Crippen molar-refractivity contribution in [3.05, 3.63) is 39.7 Å². The van der Waals surface area contributed by atoms with Crippen molar-refractivity contribution in [1.29, 1.82) is 0 Å². The summed E-state index contributed by atoms with van der Waals surface area (Å²) >= 11 is 6.07. The van der Waals surface area contributed by atoms with Gasteiger partial charge in [0.2, 0.25) is 0 Å². The van der Waals surface area contributed by atoms with Crippen LogP contribution in [0.25, 0.3) is 0 Å². The van der Waals surface area contributed by atoms with Crippen molar-refractivity contribution in [2.75, 3.05) is 14.2 Å². The lowest BCUT2D eigenvalue weighted by Gasteiger charge is -2.11. The van der Waals surface area contributed by atoms with Gasteiger partial charge in [-0.2, -0.15) is 0 Å². The van der Waals surface area contributed by atoms with Gasteiger partial charge in [0.15, 0.2) is 11.5 Å². The minimum Gasteiger partial charge on any atom is -0.493 e. The molecule has 0 saturated heterocycles. The lowest BCUT2D eigenvalue weighted by molar-refractivity contribution is 0.0470. The summed E-state index contributed by atoms with van der Waals surface area (Å²) in [4.78, 5) is 12.2. The van der Waals surface area contributed by atoms with Crippen LogP contribution in [-0.4, -0.2) is 25.3 Å². The number of halogens is 1. The number of rotatable bonds is 5. The number of esters is 1. The van der Waals surface area contributed by atoms with Gasteiger partial charge in [-0.3, -0.25) is 0 Å². The van der Waals surface area contributed by atoms with E-state index in [2.05, 4.69) is 5.16 Å². The number of methoxy groups -OCH3 is 2. The Morgan fingerprint density at radius 3 is 2.55 bits per heavy atom. The normalized spacial score (nSPS) is 10.4. The first-order valence-electron chi connectivity index (χ1n) is 6.48.